The number of halogens is 1. The van der Waals surface area contributed by atoms with Crippen LogP contribution in [-0.2, 0) is 22.6 Å². The van der Waals surface area contributed by atoms with Gasteiger partial charge < -0.3 is 19.3 Å². The van der Waals surface area contributed by atoms with E-state index in [0.29, 0.717) is 30.4 Å². The molecule has 3 aliphatic rings. The van der Waals surface area contributed by atoms with E-state index in [0.717, 1.165) is 62.2 Å². The molecule has 0 unspecified atom stereocenters. The smallest absolute Gasteiger partial charge is 0.227 e. The van der Waals surface area contributed by atoms with Crippen LogP contribution in [0.3, 0.4) is 0 Å². The van der Waals surface area contributed by atoms with Crippen LogP contribution >= 0.6 is 0 Å². The number of methoxy groups -OCH3 is 1. The summed E-state index contributed by atoms with van der Waals surface area (Å²) in [6, 6.07) is 5.18. The normalized spacial score (nSPS) is 23.9. The van der Waals surface area contributed by atoms with E-state index in [4.69, 9.17) is 9.47 Å². The van der Waals surface area contributed by atoms with Crippen LogP contribution < -0.4 is 9.64 Å². The third-order valence-corrected chi connectivity index (χ3v) is 8.40. The van der Waals surface area contributed by atoms with E-state index in [9.17, 15) is 9.18 Å². The van der Waals surface area contributed by atoms with Crippen LogP contribution in [0, 0.1) is 23.6 Å². The van der Waals surface area contributed by atoms with E-state index in [1.165, 1.54) is 25.3 Å². The molecular weight excluding hydrogens is 471 g/mol. The molecule has 8 heteroatoms. The second-order valence-corrected chi connectivity index (χ2v) is 11.0. The van der Waals surface area contributed by atoms with E-state index in [2.05, 4.69) is 21.8 Å². The van der Waals surface area contributed by atoms with Crippen molar-refractivity contribution in [3.8, 4) is 5.75 Å². The lowest BCUT2D eigenvalue weighted by atomic mass is 9.90. The summed E-state index contributed by atoms with van der Waals surface area (Å²) in [6.45, 7) is 5.98. The van der Waals surface area contributed by atoms with Crippen molar-refractivity contribution < 1.29 is 18.7 Å². The zero-order valence-electron chi connectivity index (χ0n) is 22.1. The highest BCUT2D eigenvalue weighted by Crippen LogP contribution is 2.49. The highest BCUT2D eigenvalue weighted by Gasteiger charge is 2.43. The second kappa shape index (κ2) is 11.8. The number of ether oxygens (including phenoxy) is 2. The Morgan fingerprint density at radius 3 is 2.59 bits per heavy atom. The van der Waals surface area contributed by atoms with Gasteiger partial charge >= 0.3 is 0 Å². The maximum atomic E-state index is 14.6. The standard InChI is InChI=1S/C29H39FN4O3/c1-20-4-3-10-34(20)28(35)15-24-5-6-25(16-27(24)30)37-13-9-23-14-26(23)22-7-11-33(12-8-22)29-31-17-21(18-32-29)19-36-2/h5-6,16-18,20,22-23,26H,3-4,7-15,19H2,1-2H3/t20-,23+,26+/m0/s1. The monoisotopic (exact) mass is 510 g/mol. The first-order valence-corrected chi connectivity index (χ1v) is 13.8. The first kappa shape index (κ1) is 25.9. The summed E-state index contributed by atoms with van der Waals surface area (Å²) in [4.78, 5) is 25.7. The summed E-state index contributed by atoms with van der Waals surface area (Å²) >= 11 is 0. The molecule has 1 aromatic heterocycles. The van der Waals surface area contributed by atoms with Crippen LogP contribution in [0.1, 0.15) is 56.6 Å². The lowest BCUT2D eigenvalue weighted by molar-refractivity contribution is -0.131. The lowest BCUT2D eigenvalue weighted by Gasteiger charge is -2.32. The van der Waals surface area contributed by atoms with Crippen molar-refractivity contribution in [2.45, 2.75) is 64.5 Å². The topological polar surface area (TPSA) is 67.8 Å². The molecule has 1 amide bonds. The number of piperidine rings is 1. The number of carbonyl (C=O) groups excluding carboxylic acids is 1. The zero-order valence-corrected chi connectivity index (χ0v) is 22.1. The fourth-order valence-corrected chi connectivity index (χ4v) is 6.12. The number of aromatic nitrogens is 2. The predicted octanol–water partition coefficient (Wildman–Crippen LogP) is 4.64. The van der Waals surface area contributed by atoms with Crippen LogP contribution in [0.5, 0.6) is 5.75 Å². The molecule has 5 rings (SSSR count). The van der Waals surface area contributed by atoms with Gasteiger partial charge in [-0.15, -0.1) is 0 Å². The molecule has 200 valence electrons. The number of rotatable bonds is 10. The Morgan fingerprint density at radius 2 is 1.92 bits per heavy atom. The summed E-state index contributed by atoms with van der Waals surface area (Å²) in [5.74, 6) is 3.24. The van der Waals surface area contributed by atoms with E-state index in [1.54, 1.807) is 19.2 Å². The van der Waals surface area contributed by atoms with Crippen molar-refractivity contribution in [1.82, 2.24) is 14.9 Å². The van der Waals surface area contributed by atoms with Gasteiger partial charge in [-0.25, -0.2) is 14.4 Å². The van der Waals surface area contributed by atoms with Gasteiger partial charge in [-0.3, -0.25) is 4.79 Å². The molecule has 1 saturated carbocycles. The Kier molecular flexibility index (Phi) is 8.23. The number of hydrogen-bond donors (Lipinski definition) is 0. The lowest BCUT2D eigenvalue weighted by Crippen LogP contribution is -2.35. The van der Waals surface area contributed by atoms with Crippen molar-refractivity contribution in [3.63, 3.8) is 0 Å². The number of likely N-dealkylation sites (tertiary alicyclic amines) is 1. The Morgan fingerprint density at radius 1 is 1.14 bits per heavy atom. The predicted molar refractivity (Wildman–Crippen MR) is 140 cm³/mol. The van der Waals surface area contributed by atoms with Gasteiger partial charge in [0.15, 0.2) is 0 Å². The summed E-state index contributed by atoms with van der Waals surface area (Å²) in [6.07, 6.45) is 10.5. The van der Waals surface area contributed by atoms with E-state index < -0.39 is 0 Å². The van der Waals surface area contributed by atoms with Gasteiger partial charge in [0.25, 0.3) is 0 Å². The number of benzene rings is 1. The maximum absolute atomic E-state index is 14.6. The number of nitrogens with zero attached hydrogens (tertiary/aromatic N) is 4. The van der Waals surface area contributed by atoms with Gasteiger partial charge in [-0.2, -0.15) is 0 Å². The Bertz CT molecular complexity index is 1060. The van der Waals surface area contributed by atoms with Crippen molar-refractivity contribution in [3.05, 3.63) is 47.5 Å². The van der Waals surface area contributed by atoms with E-state index in [-0.39, 0.29) is 24.2 Å². The molecular formula is C29H39FN4O3. The molecule has 0 bridgehead atoms. The van der Waals surface area contributed by atoms with E-state index in [1.807, 2.05) is 17.3 Å². The summed E-state index contributed by atoms with van der Waals surface area (Å²) < 4.78 is 25.7. The van der Waals surface area contributed by atoms with Crippen LogP contribution in [0.4, 0.5) is 10.3 Å². The van der Waals surface area contributed by atoms with Gasteiger partial charge in [-0.05, 0) is 74.8 Å². The highest BCUT2D eigenvalue weighted by atomic mass is 19.1. The van der Waals surface area contributed by atoms with Gasteiger partial charge in [0.05, 0.1) is 19.6 Å². The molecule has 1 aliphatic carbocycles. The molecule has 3 atom stereocenters. The summed E-state index contributed by atoms with van der Waals surface area (Å²) in [5, 5.41) is 0. The van der Waals surface area contributed by atoms with Gasteiger partial charge in [-0.1, -0.05) is 6.07 Å². The Labute approximate surface area is 219 Å². The first-order valence-electron chi connectivity index (χ1n) is 13.8. The third-order valence-electron chi connectivity index (χ3n) is 8.40. The molecule has 2 saturated heterocycles. The van der Waals surface area contributed by atoms with Crippen molar-refractivity contribution in [1.29, 1.82) is 0 Å². The molecule has 2 aromatic rings. The molecule has 7 nitrogen and oxygen atoms in total. The number of hydrogen-bond acceptors (Lipinski definition) is 6. The van der Waals surface area contributed by atoms with Crippen LogP contribution in [0.25, 0.3) is 0 Å². The fraction of sp³-hybridized carbons (Fsp3) is 0.621. The minimum Gasteiger partial charge on any atom is -0.493 e. The quantitative estimate of drug-likeness (QED) is 0.464. The van der Waals surface area contributed by atoms with Gasteiger partial charge in [0.2, 0.25) is 11.9 Å². The van der Waals surface area contributed by atoms with Crippen molar-refractivity contribution in [2.75, 3.05) is 38.3 Å². The molecule has 0 radical (unpaired) electrons. The van der Waals surface area contributed by atoms with Crippen molar-refractivity contribution >= 4 is 11.9 Å². The summed E-state index contributed by atoms with van der Waals surface area (Å²) in [7, 11) is 1.67. The Hall–Kier alpha value is -2.74. The van der Waals surface area contributed by atoms with Gasteiger partial charge in [0, 0.05) is 56.8 Å². The summed E-state index contributed by atoms with van der Waals surface area (Å²) in [5.41, 5.74) is 1.44. The molecule has 0 spiro atoms. The average molecular weight is 511 g/mol. The minimum absolute atomic E-state index is 0.00989. The fourth-order valence-electron chi connectivity index (χ4n) is 6.12. The second-order valence-electron chi connectivity index (χ2n) is 11.0. The molecule has 3 fully saturated rings. The van der Waals surface area contributed by atoms with Crippen LogP contribution in [0.15, 0.2) is 30.6 Å². The van der Waals surface area contributed by atoms with Crippen LogP contribution in [-0.4, -0.2) is 60.2 Å². The minimum atomic E-state index is -0.355. The zero-order chi connectivity index (χ0) is 25.8. The molecule has 0 N–H and O–H groups in total. The van der Waals surface area contributed by atoms with Crippen molar-refractivity contribution in [2.24, 2.45) is 17.8 Å². The highest BCUT2D eigenvalue weighted by molar-refractivity contribution is 5.79. The first-order chi connectivity index (χ1) is 18.0. The van der Waals surface area contributed by atoms with Crippen LogP contribution in [0.2, 0.25) is 0 Å². The third kappa shape index (κ3) is 6.40. The molecule has 37 heavy (non-hydrogen) atoms. The van der Waals surface area contributed by atoms with E-state index >= 15 is 0 Å². The number of carbonyl (C=O) groups is 1. The number of amides is 1. The largest absolute Gasteiger partial charge is 0.493 e. The average Bonchev–Trinajstić information content (AvgIpc) is 3.55. The number of anilines is 1. The van der Waals surface area contributed by atoms with Gasteiger partial charge in [0.1, 0.15) is 11.6 Å². The maximum Gasteiger partial charge on any atom is 0.227 e. The molecule has 3 heterocycles. The Balaban J connectivity index is 1.01. The molecule has 2 aliphatic heterocycles. The molecule has 1 aromatic carbocycles. The SMILES string of the molecule is COCc1cnc(N2CCC([C@H]3C[C@H]3CCOc3ccc(CC(=O)N4CCC[C@@H]4C)c(F)c3)CC2)nc1.